The highest BCUT2D eigenvalue weighted by Crippen LogP contribution is 2.23. The number of hydrogen-bond acceptors (Lipinski definition) is 4. The molecule has 0 radical (unpaired) electrons. The minimum atomic E-state index is -0.422. The van der Waals surface area contributed by atoms with Gasteiger partial charge in [-0.15, -0.1) is 0 Å². The number of ether oxygens (including phenoxy) is 1. The molecule has 0 aliphatic carbocycles. The number of carbonyl (C=O) groups excluding carboxylic acids is 2. The van der Waals surface area contributed by atoms with Gasteiger partial charge in [0.1, 0.15) is 5.69 Å². The molecular weight excluding hydrogens is 330 g/mol. The van der Waals surface area contributed by atoms with Gasteiger partial charge in [0.15, 0.2) is 0 Å². The Balaban J connectivity index is 2.31. The Morgan fingerprint density at radius 1 is 1.27 bits per heavy atom. The summed E-state index contributed by atoms with van der Waals surface area (Å²) in [5.41, 5.74) is 4.07. The monoisotopic (exact) mass is 357 g/mol. The van der Waals surface area contributed by atoms with E-state index in [1.165, 1.54) is 7.11 Å². The molecule has 2 N–H and O–H groups in total. The van der Waals surface area contributed by atoms with Gasteiger partial charge in [0.25, 0.3) is 5.91 Å². The normalized spacial score (nSPS) is 10.8. The first-order valence-electron chi connectivity index (χ1n) is 8.72. The summed E-state index contributed by atoms with van der Waals surface area (Å²) in [5, 5.41) is 2.93. The van der Waals surface area contributed by atoms with Crippen molar-refractivity contribution >= 4 is 17.6 Å². The van der Waals surface area contributed by atoms with Gasteiger partial charge >= 0.3 is 5.97 Å². The highest BCUT2D eigenvalue weighted by molar-refractivity contribution is 6.07. The minimum absolute atomic E-state index is 0.256. The lowest BCUT2D eigenvalue weighted by Crippen LogP contribution is -2.16. The Hall–Kier alpha value is -2.60. The van der Waals surface area contributed by atoms with E-state index in [1.807, 2.05) is 45.3 Å². The van der Waals surface area contributed by atoms with Crippen LogP contribution >= 0.6 is 0 Å². The van der Waals surface area contributed by atoms with Crippen LogP contribution in [0.4, 0.5) is 5.69 Å². The van der Waals surface area contributed by atoms with Gasteiger partial charge in [0.2, 0.25) is 0 Å². The van der Waals surface area contributed by atoms with E-state index in [0.29, 0.717) is 28.9 Å². The molecule has 1 aromatic heterocycles. The van der Waals surface area contributed by atoms with Gasteiger partial charge < -0.3 is 19.9 Å². The lowest BCUT2D eigenvalue weighted by Gasteiger charge is -2.12. The van der Waals surface area contributed by atoms with Crippen LogP contribution in [0, 0.1) is 6.92 Å². The Kier molecular flexibility index (Phi) is 6.58. The van der Waals surface area contributed by atoms with Crippen LogP contribution in [0.15, 0.2) is 24.3 Å². The molecule has 2 aromatic rings. The van der Waals surface area contributed by atoms with Crippen LogP contribution in [-0.4, -0.2) is 43.0 Å². The number of amides is 1. The van der Waals surface area contributed by atoms with Crippen LogP contribution in [-0.2, 0) is 17.7 Å². The molecule has 0 atom stereocenters. The van der Waals surface area contributed by atoms with E-state index in [0.717, 1.165) is 24.2 Å². The Morgan fingerprint density at radius 2 is 2.00 bits per heavy atom. The van der Waals surface area contributed by atoms with E-state index in [1.54, 1.807) is 6.92 Å². The van der Waals surface area contributed by atoms with Crippen molar-refractivity contribution in [3.05, 3.63) is 52.3 Å². The van der Waals surface area contributed by atoms with Crippen molar-refractivity contribution < 1.29 is 14.3 Å². The number of nitrogens with zero attached hydrogens (tertiary/aromatic N) is 1. The second kappa shape index (κ2) is 8.67. The molecule has 1 amide bonds. The maximum atomic E-state index is 12.8. The van der Waals surface area contributed by atoms with Crippen LogP contribution < -0.4 is 5.32 Å². The number of aromatic amines is 1. The van der Waals surface area contributed by atoms with Gasteiger partial charge in [0.05, 0.1) is 12.7 Å². The standard InChI is InChI=1S/C20H27N3O3/c1-6-8-16-17(20(25)26-5)13(2)21-18(16)19(24)22-15-10-7-9-14(11-15)12-23(3)4/h7,9-11,21H,6,8,12H2,1-5H3,(H,22,24). The van der Waals surface area contributed by atoms with E-state index in [9.17, 15) is 9.59 Å². The third kappa shape index (κ3) is 4.52. The number of H-pyrrole nitrogens is 1. The lowest BCUT2D eigenvalue weighted by atomic mass is 10.0. The molecule has 0 fully saturated rings. The first kappa shape index (κ1) is 19.7. The molecule has 6 heteroatoms. The van der Waals surface area contributed by atoms with E-state index < -0.39 is 5.97 Å². The van der Waals surface area contributed by atoms with Gasteiger partial charge in [-0.25, -0.2) is 4.79 Å². The molecular formula is C20H27N3O3. The van der Waals surface area contributed by atoms with Gasteiger partial charge in [-0.3, -0.25) is 4.79 Å². The maximum Gasteiger partial charge on any atom is 0.339 e. The first-order valence-corrected chi connectivity index (χ1v) is 8.72. The van der Waals surface area contributed by atoms with Gasteiger partial charge in [-0.1, -0.05) is 25.5 Å². The van der Waals surface area contributed by atoms with Crippen molar-refractivity contribution in [1.29, 1.82) is 0 Å². The number of nitrogens with one attached hydrogen (secondary N) is 2. The average molecular weight is 357 g/mol. The van der Waals surface area contributed by atoms with Crippen LogP contribution in [0.25, 0.3) is 0 Å². The summed E-state index contributed by atoms with van der Waals surface area (Å²) in [6, 6.07) is 7.75. The Labute approximate surface area is 154 Å². The number of benzene rings is 1. The summed E-state index contributed by atoms with van der Waals surface area (Å²) in [4.78, 5) is 30.0. The third-order valence-electron chi connectivity index (χ3n) is 4.09. The number of carbonyl (C=O) groups is 2. The highest BCUT2D eigenvalue weighted by Gasteiger charge is 2.24. The molecule has 26 heavy (non-hydrogen) atoms. The fourth-order valence-corrected chi connectivity index (χ4v) is 3.06. The molecule has 0 unspecified atom stereocenters. The molecule has 1 aromatic carbocycles. The molecule has 140 valence electrons. The fourth-order valence-electron chi connectivity index (χ4n) is 3.06. The SMILES string of the molecule is CCCc1c(C(=O)Nc2cccc(CN(C)C)c2)[nH]c(C)c1C(=O)OC. The number of rotatable bonds is 7. The Bertz CT molecular complexity index is 794. The predicted molar refractivity (Wildman–Crippen MR) is 103 cm³/mol. The molecule has 1 heterocycles. The number of esters is 1. The Morgan fingerprint density at radius 3 is 2.62 bits per heavy atom. The van der Waals surface area contributed by atoms with E-state index >= 15 is 0 Å². The van der Waals surface area contributed by atoms with Crippen molar-refractivity contribution in [3.63, 3.8) is 0 Å². The average Bonchev–Trinajstić information content (AvgIpc) is 2.91. The van der Waals surface area contributed by atoms with Crippen LogP contribution in [0.1, 0.15) is 51.0 Å². The molecule has 0 bridgehead atoms. The third-order valence-corrected chi connectivity index (χ3v) is 4.09. The highest BCUT2D eigenvalue weighted by atomic mass is 16.5. The predicted octanol–water partition coefficient (Wildman–Crippen LogP) is 3.38. The number of methoxy groups -OCH3 is 1. The van der Waals surface area contributed by atoms with Crippen LogP contribution in [0.3, 0.4) is 0 Å². The van der Waals surface area contributed by atoms with Gasteiger partial charge in [-0.05, 0) is 50.7 Å². The summed E-state index contributed by atoms with van der Waals surface area (Å²) in [5.74, 6) is -0.678. The zero-order chi connectivity index (χ0) is 19.3. The van der Waals surface area contributed by atoms with Crippen molar-refractivity contribution in [2.24, 2.45) is 0 Å². The van der Waals surface area contributed by atoms with Gasteiger partial charge in [0, 0.05) is 17.9 Å². The van der Waals surface area contributed by atoms with Crippen molar-refractivity contribution in [2.45, 2.75) is 33.2 Å². The molecule has 0 spiro atoms. The fraction of sp³-hybridized carbons (Fsp3) is 0.400. The number of aryl methyl sites for hydroxylation is 1. The topological polar surface area (TPSA) is 74.4 Å². The van der Waals surface area contributed by atoms with E-state index in [2.05, 4.69) is 15.2 Å². The summed E-state index contributed by atoms with van der Waals surface area (Å²) in [6.07, 6.45) is 1.44. The molecule has 0 aliphatic rings. The zero-order valence-electron chi connectivity index (χ0n) is 16.1. The number of anilines is 1. The zero-order valence-corrected chi connectivity index (χ0v) is 16.1. The number of aromatic nitrogens is 1. The molecule has 0 saturated heterocycles. The quantitative estimate of drug-likeness (QED) is 0.745. The minimum Gasteiger partial charge on any atom is -0.465 e. The summed E-state index contributed by atoms with van der Waals surface area (Å²) >= 11 is 0. The smallest absolute Gasteiger partial charge is 0.339 e. The first-order chi connectivity index (χ1) is 12.4. The van der Waals surface area contributed by atoms with Crippen LogP contribution in [0.5, 0.6) is 0 Å². The second-order valence-corrected chi connectivity index (χ2v) is 6.61. The summed E-state index contributed by atoms with van der Waals surface area (Å²) < 4.78 is 4.87. The van der Waals surface area contributed by atoms with E-state index in [4.69, 9.17) is 4.74 Å². The maximum absolute atomic E-state index is 12.8. The molecule has 6 nitrogen and oxygen atoms in total. The largest absolute Gasteiger partial charge is 0.465 e. The summed E-state index contributed by atoms with van der Waals surface area (Å²) in [7, 11) is 5.34. The summed E-state index contributed by atoms with van der Waals surface area (Å²) in [6.45, 7) is 4.58. The van der Waals surface area contributed by atoms with Gasteiger partial charge in [-0.2, -0.15) is 0 Å². The molecule has 0 saturated carbocycles. The molecule has 0 aliphatic heterocycles. The van der Waals surface area contributed by atoms with Crippen molar-refractivity contribution in [1.82, 2.24) is 9.88 Å². The van der Waals surface area contributed by atoms with Crippen molar-refractivity contribution in [3.8, 4) is 0 Å². The van der Waals surface area contributed by atoms with Crippen LogP contribution in [0.2, 0.25) is 0 Å². The lowest BCUT2D eigenvalue weighted by molar-refractivity contribution is 0.0599. The van der Waals surface area contributed by atoms with Crippen molar-refractivity contribution in [2.75, 3.05) is 26.5 Å². The number of hydrogen-bond donors (Lipinski definition) is 2. The van der Waals surface area contributed by atoms with E-state index in [-0.39, 0.29) is 5.91 Å². The second-order valence-electron chi connectivity index (χ2n) is 6.61. The molecule has 2 rings (SSSR count).